The minimum atomic E-state index is -0.800. The van der Waals surface area contributed by atoms with Crippen molar-refractivity contribution in [2.45, 2.75) is 0 Å². The lowest BCUT2D eigenvalue weighted by Crippen LogP contribution is -2.57. The molecule has 1 fully saturated rings. The van der Waals surface area contributed by atoms with Gasteiger partial charge in [-0.2, -0.15) is 0 Å². The average molecular weight is 644 g/mol. The summed E-state index contributed by atoms with van der Waals surface area (Å²) in [5.74, 6) is -2.09. The van der Waals surface area contributed by atoms with Gasteiger partial charge < -0.3 is 14.8 Å². The maximum atomic E-state index is 13.6. The molecule has 0 aliphatic carbocycles. The van der Waals surface area contributed by atoms with E-state index in [1.807, 2.05) is 0 Å². The van der Waals surface area contributed by atoms with Gasteiger partial charge >= 0.3 is 6.03 Å². The van der Waals surface area contributed by atoms with Gasteiger partial charge in [0.2, 0.25) is 0 Å². The molecule has 216 valence electrons. The highest BCUT2D eigenvalue weighted by Crippen LogP contribution is 2.38. The highest BCUT2D eigenvalue weighted by molar-refractivity contribution is 9.10. The fraction of sp³-hybridized carbons (Fsp3) is 0.0625. The van der Waals surface area contributed by atoms with Crippen LogP contribution in [0.25, 0.3) is 6.08 Å². The van der Waals surface area contributed by atoms with Gasteiger partial charge in [0, 0.05) is 5.69 Å². The van der Waals surface area contributed by atoms with Crippen molar-refractivity contribution < 1.29 is 33.0 Å². The fourth-order valence-electron chi connectivity index (χ4n) is 4.34. The van der Waals surface area contributed by atoms with E-state index in [0.717, 1.165) is 9.80 Å². The van der Waals surface area contributed by atoms with Gasteiger partial charge in [0.1, 0.15) is 11.4 Å². The zero-order chi connectivity index (χ0) is 30.5. The third-order valence-corrected chi connectivity index (χ3v) is 6.91. The van der Waals surface area contributed by atoms with Gasteiger partial charge in [-0.05, 0) is 88.2 Å². The second-order valence-corrected chi connectivity index (χ2v) is 10.0. The summed E-state index contributed by atoms with van der Waals surface area (Å²) >= 11 is 3.41. The molecular formula is C32H23BrFN3O6. The molecule has 0 atom stereocenters. The predicted octanol–water partition coefficient (Wildman–Crippen LogP) is 6.20. The van der Waals surface area contributed by atoms with Gasteiger partial charge in [-0.15, -0.1) is 0 Å². The molecule has 0 bridgehead atoms. The van der Waals surface area contributed by atoms with Gasteiger partial charge in [-0.3, -0.25) is 14.4 Å². The lowest BCUT2D eigenvalue weighted by Gasteiger charge is -2.34. The van der Waals surface area contributed by atoms with Crippen molar-refractivity contribution in [2.24, 2.45) is 0 Å². The fourth-order valence-corrected chi connectivity index (χ4v) is 4.91. The highest BCUT2D eigenvalue weighted by Gasteiger charge is 2.43. The first kappa shape index (κ1) is 29.2. The van der Waals surface area contributed by atoms with E-state index in [9.17, 15) is 23.6 Å². The number of rotatable bonds is 8. The van der Waals surface area contributed by atoms with E-state index in [4.69, 9.17) is 9.47 Å². The van der Waals surface area contributed by atoms with Crippen molar-refractivity contribution in [3.05, 3.63) is 118 Å². The molecule has 0 saturated carbocycles. The Morgan fingerprint density at radius 3 is 1.95 bits per heavy atom. The number of urea groups is 1. The molecule has 5 rings (SSSR count). The summed E-state index contributed by atoms with van der Waals surface area (Å²) in [4.78, 5) is 55.1. The molecule has 43 heavy (non-hydrogen) atoms. The lowest BCUT2D eigenvalue weighted by atomic mass is 10.0. The second kappa shape index (κ2) is 12.7. The maximum absolute atomic E-state index is 13.6. The number of carbonyl (C=O) groups excluding carboxylic acids is 4. The Bertz CT molecular complexity index is 1670. The van der Waals surface area contributed by atoms with Crippen LogP contribution in [0.3, 0.4) is 0 Å². The molecule has 0 unspecified atom stereocenters. The van der Waals surface area contributed by atoms with Crippen LogP contribution < -0.4 is 24.6 Å². The van der Waals surface area contributed by atoms with Crippen LogP contribution in [0.15, 0.2) is 107 Å². The minimum absolute atomic E-state index is 0.201. The largest absolute Gasteiger partial charge is 0.493 e. The summed E-state index contributed by atoms with van der Waals surface area (Å²) in [5, 5.41) is 2.60. The van der Waals surface area contributed by atoms with Crippen LogP contribution in [0.2, 0.25) is 0 Å². The SMILES string of the molecule is COc1cc(C=C2C(=O)N(c3ccccc3)C(=O)N(c3ccccc3)C2=O)cc(Br)c1OCC(=O)Nc1ccc(F)cc1. The van der Waals surface area contributed by atoms with Crippen LogP contribution in [0, 0.1) is 5.82 Å². The molecule has 0 spiro atoms. The van der Waals surface area contributed by atoms with E-state index in [-0.39, 0.29) is 23.7 Å². The number of methoxy groups -OCH3 is 1. The van der Waals surface area contributed by atoms with Gasteiger partial charge in [0.05, 0.1) is 23.0 Å². The summed E-state index contributed by atoms with van der Waals surface area (Å²) < 4.78 is 24.7. The third-order valence-electron chi connectivity index (χ3n) is 6.32. The van der Waals surface area contributed by atoms with E-state index in [1.54, 1.807) is 66.7 Å². The first-order chi connectivity index (χ1) is 20.8. The van der Waals surface area contributed by atoms with E-state index in [2.05, 4.69) is 21.2 Å². The Kier molecular flexibility index (Phi) is 8.63. The Hall–Kier alpha value is -5.29. The van der Waals surface area contributed by atoms with Crippen molar-refractivity contribution in [3.8, 4) is 11.5 Å². The molecule has 1 heterocycles. The van der Waals surface area contributed by atoms with Gasteiger partial charge in [-0.25, -0.2) is 19.0 Å². The first-order valence-corrected chi connectivity index (χ1v) is 13.7. The summed E-state index contributed by atoms with van der Waals surface area (Å²) in [6, 6.07) is 24.2. The monoisotopic (exact) mass is 643 g/mol. The molecule has 1 saturated heterocycles. The maximum Gasteiger partial charge on any atom is 0.343 e. The van der Waals surface area contributed by atoms with E-state index in [0.29, 0.717) is 27.1 Å². The average Bonchev–Trinajstić information content (AvgIpc) is 3.01. The molecule has 5 amide bonds. The summed E-state index contributed by atoms with van der Waals surface area (Å²) in [7, 11) is 1.40. The molecule has 0 aromatic heterocycles. The Labute approximate surface area is 254 Å². The molecule has 1 N–H and O–H groups in total. The zero-order valence-corrected chi connectivity index (χ0v) is 24.2. The molecule has 11 heteroatoms. The van der Waals surface area contributed by atoms with E-state index >= 15 is 0 Å². The van der Waals surface area contributed by atoms with Crippen LogP contribution in [-0.4, -0.2) is 37.5 Å². The smallest absolute Gasteiger partial charge is 0.343 e. The number of nitrogens with one attached hydrogen (secondary N) is 1. The van der Waals surface area contributed by atoms with Crippen molar-refractivity contribution in [1.29, 1.82) is 0 Å². The Morgan fingerprint density at radius 1 is 0.860 bits per heavy atom. The summed E-state index contributed by atoms with van der Waals surface area (Å²) in [6.07, 6.45) is 1.36. The number of nitrogens with zero attached hydrogens (tertiary/aromatic N) is 2. The van der Waals surface area contributed by atoms with Crippen LogP contribution in [0.5, 0.6) is 11.5 Å². The number of hydrogen-bond acceptors (Lipinski definition) is 6. The van der Waals surface area contributed by atoms with Gasteiger partial charge in [-0.1, -0.05) is 36.4 Å². The van der Waals surface area contributed by atoms with Gasteiger partial charge in [0.25, 0.3) is 17.7 Å². The van der Waals surface area contributed by atoms with Crippen LogP contribution in [-0.2, 0) is 14.4 Å². The number of benzene rings is 4. The quantitative estimate of drug-likeness (QED) is 0.181. The standard InChI is InChI=1S/C32H23BrFN3O6/c1-42-27-18-20(17-26(33)29(27)43-19-28(38)35-22-14-12-21(34)13-15-22)16-25-30(39)36(23-8-4-2-5-9-23)32(41)37(31(25)40)24-10-6-3-7-11-24/h2-18H,19H2,1H3,(H,35,38). The summed E-state index contributed by atoms with van der Waals surface area (Å²) in [5.41, 5.74) is 1.14. The second-order valence-electron chi connectivity index (χ2n) is 9.17. The normalized spacial score (nSPS) is 13.2. The van der Waals surface area contributed by atoms with Crippen molar-refractivity contribution in [1.82, 2.24) is 0 Å². The molecule has 1 aliphatic heterocycles. The number of ether oxygens (including phenoxy) is 2. The lowest BCUT2D eigenvalue weighted by molar-refractivity contribution is -0.121. The topological polar surface area (TPSA) is 105 Å². The molecule has 1 aliphatic rings. The number of carbonyl (C=O) groups is 4. The number of amides is 5. The minimum Gasteiger partial charge on any atom is -0.493 e. The van der Waals surface area contributed by atoms with Crippen molar-refractivity contribution >= 4 is 62.8 Å². The third kappa shape index (κ3) is 6.31. The molecule has 4 aromatic carbocycles. The molecule has 4 aromatic rings. The number of hydrogen-bond donors (Lipinski definition) is 1. The highest BCUT2D eigenvalue weighted by atomic mass is 79.9. The Morgan fingerprint density at radius 2 is 1.42 bits per heavy atom. The summed E-state index contributed by atoms with van der Waals surface area (Å²) in [6.45, 7) is -0.385. The molecular weight excluding hydrogens is 621 g/mol. The number of barbiturate groups is 1. The Balaban J connectivity index is 1.45. The molecule has 0 radical (unpaired) electrons. The van der Waals surface area contributed by atoms with Crippen molar-refractivity contribution in [3.63, 3.8) is 0 Å². The van der Waals surface area contributed by atoms with E-state index < -0.39 is 29.6 Å². The molecule has 9 nitrogen and oxygen atoms in total. The number of halogens is 2. The number of anilines is 3. The van der Waals surface area contributed by atoms with E-state index in [1.165, 1.54) is 43.5 Å². The number of imide groups is 2. The van der Waals surface area contributed by atoms with Crippen LogP contribution >= 0.6 is 15.9 Å². The first-order valence-electron chi connectivity index (χ1n) is 12.9. The van der Waals surface area contributed by atoms with Crippen LogP contribution in [0.1, 0.15) is 5.56 Å². The number of para-hydroxylation sites is 2. The zero-order valence-electron chi connectivity index (χ0n) is 22.6. The predicted molar refractivity (Wildman–Crippen MR) is 162 cm³/mol. The van der Waals surface area contributed by atoms with Gasteiger partial charge in [0.15, 0.2) is 18.1 Å². The van der Waals surface area contributed by atoms with Crippen molar-refractivity contribution in [2.75, 3.05) is 28.8 Å². The van der Waals surface area contributed by atoms with Crippen LogP contribution in [0.4, 0.5) is 26.2 Å².